The molecule has 0 aliphatic heterocycles. The highest BCUT2D eigenvalue weighted by atomic mass is 35.5. The molecule has 0 saturated heterocycles. The van der Waals surface area contributed by atoms with Crippen molar-refractivity contribution in [3.63, 3.8) is 0 Å². The van der Waals surface area contributed by atoms with E-state index in [1.807, 2.05) is 0 Å². The summed E-state index contributed by atoms with van der Waals surface area (Å²) in [5, 5.41) is 1.56. The minimum Gasteiger partial charge on any atom is -0.484 e. The lowest BCUT2D eigenvalue weighted by Gasteiger charge is -2.26. The van der Waals surface area contributed by atoms with E-state index >= 15 is 0 Å². The Labute approximate surface area is 172 Å². The molecule has 146 valence electrons. The molecule has 0 fully saturated rings. The van der Waals surface area contributed by atoms with E-state index in [4.69, 9.17) is 27.9 Å². The summed E-state index contributed by atoms with van der Waals surface area (Å²) >= 11 is 11.9. The van der Waals surface area contributed by atoms with E-state index in [1.54, 1.807) is 63.5 Å². The first kappa shape index (κ1) is 20.2. The average molecular weight is 420 g/mol. The lowest BCUT2D eigenvalue weighted by Crippen LogP contribution is -2.37. The molecule has 28 heavy (non-hydrogen) atoms. The van der Waals surface area contributed by atoms with E-state index in [9.17, 15) is 9.59 Å². The Hall–Kier alpha value is -2.57. The number of halogens is 2. The van der Waals surface area contributed by atoms with Crippen LogP contribution in [0.25, 0.3) is 10.9 Å². The number of ether oxygens (including phenoxy) is 1. The van der Waals surface area contributed by atoms with Gasteiger partial charge in [-0.1, -0.05) is 23.2 Å². The zero-order valence-corrected chi connectivity index (χ0v) is 17.2. The zero-order valence-electron chi connectivity index (χ0n) is 15.6. The van der Waals surface area contributed by atoms with Crippen LogP contribution >= 0.6 is 23.2 Å². The molecular weight excluding hydrogens is 401 g/mol. The first-order valence-corrected chi connectivity index (χ1v) is 9.33. The van der Waals surface area contributed by atoms with Crippen LogP contribution in [0.3, 0.4) is 0 Å². The molecule has 3 aromatic rings. The van der Waals surface area contributed by atoms with Gasteiger partial charge in [-0.05, 0) is 49.4 Å². The molecule has 0 radical (unpaired) electrons. The van der Waals surface area contributed by atoms with E-state index < -0.39 is 6.04 Å². The molecule has 0 N–H and O–H groups in total. The topological polar surface area (TPSA) is 64.4 Å². The van der Waals surface area contributed by atoms with Gasteiger partial charge < -0.3 is 9.64 Å². The van der Waals surface area contributed by atoms with Crippen molar-refractivity contribution >= 4 is 40.0 Å². The molecule has 1 amide bonds. The standard InChI is InChI=1S/C20H19Cl2N3O3/c1-12(24(2)18(26)11-28-15-7-4-13(21)5-8-15)19-23-17-10-14(22)6-9-16(17)20(27)25(19)3/h4-10,12H,11H2,1-3H3. The molecule has 8 heteroatoms. The quantitative estimate of drug-likeness (QED) is 0.629. The highest BCUT2D eigenvalue weighted by molar-refractivity contribution is 6.31. The molecule has 1 unspecified atom stereocenters. The number of hydrogen-bond acceptors (Lipinski definition) is 4. The third-order valence-electron chi connectivity index (χ3n) is 4.60. The van der Waals surface area contributed by atoms with Crippen LogP contribution in [0, 0.1) is 0 Å². The Morgan fingerprint density at radius 2 is 1.82 bits per heavy atom. The Bertz CT molecular complexity index is 1080. The fourth-order valence-corrected chi connectivity index (χ4v) is 3.09. The van der Waals surface area contributed by atoms with E-state index in [1.165, 1.54) is 9.47 Å². The Kier molecular flexibility index (Phi) is 5.91. The minimum atomic E-state index is -0.442. The smallest absolute Gasteiger partial charge is 0.261 e. The van der Waals surface area contributed by atoms with Crippen LogP contribution in [-0.2, 0) is 11.8 Å². The Morgan fingerprint density at radius 3 is 2.50 bits per heavy atom. The second kappa shape index (κ2) is 8.20. The van der Waals surface area contributed by atoms with Crippen LogP contribution in [0.5, 0.6) is 5.75 Å². The summed E-state index contributed by atoms with van der Waals surface area (Å²) in [5.41, 5.74) is 0.303. The van der Waals surface area contributed by atoms with Gasteiger partial charge >= 0.3 is 0 Å². The summed E-state index contributed by atoms with van der Waals surface area (Å²) in [6, 6.07) is 11.3. The summed E-state index contributed by atoms with van der Waals surface area (Å²) in [4.78, 5) is 31.2. The number of carbonyl (C=O) groups is 1. The average Bonchev–Trinajstić information content (AvgIpc) is 2.68. The first-order valence-electron chi connectivity index (χ1n) is 8.58. The van der Waals surface area contributed by atoms with E-state index in [-0.39, 0.29) is 18.1 Å². The summed E-state index contributed by atoms with van der Waals surface area (Å²) in [7, 11) is 3.28. The van der Waals surface area contributed by atoms with Crippen LogP contribution in [0.2, 0.25) is 10.0 Å². The maximum atomic E-state index is 12.6. The molecule has 0 aliphatic carbocycles. The summed E-state index contributed by atoms with van der Waals surface area (Å²) < 4.78 is 6.96. The lowest BCUT2D eigenvalue weighted by molar-refractivity contribution is -0.134. The van der Waals surface area contributed by atoms with Crippen molar-refractivity contribution in [3.05, 3.63) is 68.7 Å². The van der Waals surface area contributed by atoms with Crippen LogP contribution in [0.4, 0.5) is 0 Å². The summed E-state index contributed by atoms with van der Waals surface area (Å²) in [5.74, 6) is 0.759. The zero-order chi connectivity index (χ0) is 20.4. The van der Waals surface area contributed by atoms with Crippen LogP contribution in [0.1, 0.15) is 18.8 Å². The molecule has 1 heterocycles. The first-order chi connectivity index (χ1) is 13.3. The van der Waals surface area contributed by atoms with Gasteiger partial charge in [-0.15, -0.1) is 0 Å². The third-order valence-corrected chi connectivity index (χ3v) is 5.08. The van der Waals surface area contributed by atoms with Crippen molar-refractivity contribution in [3.8, 4) is 5.75 Å². The molecule has 3 rings (SSSR count). The number of rotatable bonds is 5. The Morgan fingerprint density at radius 1 is 1.18 bits per heavy atom. The summed E-state index contributed by atoms with van der Waals surface area (Å²) in [6.07, 6.45) is 0. The number of likely N-dealkylation sites (N-methyl/N-ethyl adjacent to an activating group) is 1. The van der Waals surface area contributed by atoms with Crippen molar-refractivity contribution < 1.29 is 9.53 Å². The van der Waals surface area contributed by atoms with E-state index in [2.05, 4.69) is 4.98 Å². The van der Waals surface area contributed by atoms with Crippen molar-refractivity contribution in [1.29, 1.82) is 0 Å². The van der Waals surface area contributed by atoms with Crippen molar-refractivity contribution in [2.24, 2.45) is 7.05 Å². The molecule has 0 bridgehead atoms. The predicted molar refractivity (Wildman–Crippen MR) is 110 cm³/mol. The number of nitrogens with zero attached hydrogens (tertiary/aromatic N) is 3. The maximum Gasteiger partial charge on any atom is 0.261 e. The van der Waals surface area contributed by atoms with Gasteiger partial charge in [0, 0.05) is 24.1 Å². The largest absolute Gasteiger partial charge is 0.484 e. The highest BCUT2D eigenvalue weighted by Crippen LogP contribution is 2.21. The van der Waals surface area contributed by atoms with Crippen molar-refractivity contribution in [2.45, 2.75) is 13.0 Å². The van der Waals surface area contributed by atoms with Crippen LogP contribution < -0.4 is 10.3 Å². The summed E-state index contributed by atoms with van der Waals surface area (Å²) in [6.45, 7) is 1.66. The molecule has 0 saturated carbocycles. The fraction of sp³-hybridized carbons (Fsp3) is 0.250. The maximum absolute atomic E-state index is 12.6. The number of carbonyl (C=O) groups excluding carboxylic acids is 1. The predicted octanol–water partition coefficient (Wildman–Crippen LogP) is 3.84. The molecule has 2 aromatic carbocycles. The number of benzene rings is 2. The molecule has 0 aliphatic rings. The SMILES string of the molecule is CC(c1nc2cc(Cl)ccc2c(=O)n1C)N(C)C(=O)COc1ccc(Cl)cc1. The number of hydrogen-bond donors (Lipinski definition) is 0. The minimum absolute atomic E-state index is 0.143. The second-order valence-electron chi connectivity index (χ2n) is 6.42. The monoisotopic (exact) mass is 419 g/mol. The highest BCUT2D eigenvalue weighted by Gasteiger charge is 2.22. The van der Waals surface area contributed by atoms with Gasteiger partial charge in [0.1, 0.15) is 11.6 Å². The Balaban J connectivity index is 1.81. The molecular formula is C20H19Cl2N3O3. The normalized spacial score (nSPS) is 12.0. The van der Waals surface area contributed by atoms with Gasteiger partial charge in [-0.3, -0.25) is 14.2 Å². The van der Waals surface area contributed by atoms with Crippen molar-refractivity contribution in [1.82, 2.24) is 14.5 Å². The van der Waals surface area contributed by atoms with Gasteiger partial charge in [-0.2, -0.15) is 0 Å². The lowest BCUT2D eigenvalue weighted by atomic mass is 10.2. The van der Waals surface area contributed by atoms with E-state index in [0.29, 0.717) is 32.5 Å². The van der Waals surface area contributed by atoms with Gasteiger partial charge in [0.05, 0.1) is 16.9 Å². The van der Waals surface area contributed by atoms with Gasteiger partial charge in [0.15, 0.2) is 6.61 Å². The molecule has 6 nitrogen and oxygen atoms in total. The number of fused-ring (bicyclic) bond motifs is 1. The fourth-order valence-electron chi connectivity index (χ4n) is 2.80. The molecule has 0 spiro atoms. The van der Waals surface area contributed by atoms with E-state index in [0.717, 1.165) is 0 Å². The van der Waals surface area contributed by atoms with Gasteiger partial charge in [0.2, 0.25) is 0 Å². The second-order valence-corrected chi connectivity index (χ2v) is 7.29. The van der Waals surface area contributed by atoms with Crippen LogP contribution in [-0.4, -0.2) is 34.0 Å². The third kappa shape index (κ3) is 4.13. The number of aromatic nitrogens is 2. The molecule has 1 atom stereocenters. The number of amides is 1. The van der Waals surface area contributed by atoms with Crippen LogP contribution in [0.15, 0.2) is 47.3 Å². The van der Waals surface area contributed by atoms with Gasteiger partial charge in [0.25, 0.3) is 11.5 Å². The molecule has 1 aromatic heterocycles. The van der Waals surface area contributed by atoms with Crippen molar-refractivity contribution in [2.75, 3.05) is 13.7 Å². The van der Waals surface area contributed by atoms with Gasteiger partial charge in [-0.25, -0.2) is 4.98 Å².